The quantitative estimate of drug-likeness (QED) is 0.340. The van der Waals surface area contributed by atoms with Crippen molar-refractivity contribution in [2.24, 2.45) is 0 Å². The summed E-state index contributed by atoms with van der Waals surface area (Å²) in [7, 11) is 3.34. The molecule has 0 atom stereocenters. The summed E-state index contributed by atoms with van der Waals surface area (Å²) in [5.74, 6) is 3.09. The summed E-state index contributed by atoms with van der Waals surface area (Å²) in [5, 5.41) is 2.14. The van der Waals surface area contributed by atoms with Gasteiger partial charge in [-0.1, -0.05) is 0 Å². The molecular weight excluding hydrogens is 412 g/mol. The molecule has 2 heterocycles. The third-order valence-corrected chi connectivity index (χ3v) is 6.35. The lowest BCUT2D eigenvalue weighted by atomic mass is 10.1. The fraction of sp³-hybridized carbons (Fsp3) is 0.292. The van der Waals surface area contributed by atoms with Crippen LogP contribution in [0, 0.1) is 0 Å². The van der Waals surface area contributed by atoms with E-state index in [1.54, 1.807) is 25.6 Å². The van der Waals surface area contributed by atoms with E-state index in [2.05, 4.69) is 28.0 Å². The molecule has 2 aromatic carbocycles. The Labute approximate surface area is 185 Å². The van der Waals surface area contributed by atoms with Crippen molar-refractivity contribution in [2.75, 3.05) is 27.4 Å². The van der Waals surface area contributed by atoms with Crippen molar-refractivity contribution in [2.45, 2.75) is 20.3 Å². The molecule has 5 rings (SSSR count). The fourth-order valence-corrected chi connectivity index (χ4v) is 5.08. The minimum atomic E-state index is 0.584. The zero-order chi connectivity index (χ0) is 21.5. The Morgan fingerprint density at radius 2 is 1.74 bits per heavy atom. The Bertz CT molecular complexity index is 1270. The molecule has 0 fully saturated rings. The molecule has 0 unspecified atom stereocenters. The topological polar surface area (TPSA) is 54.2 Å². The molecule has 0 spiro atoms. The second kappa shape index (κ2) is 7.81. The zero-order valence-corrected chi connectivity index (χ0v) is 18.8. The van der Waals surface area contributed by atoms with E-state index in [1.165, 1.54) is 11.3 Å². The van der Waals surface area contributed by atoms with E-state index in [0.717, 1.165) is 56.9 Å². The van der Waals surface area contributed by atoms with Crippen molar-refractivity contribution in [1.29, 1.82) is 0 Å². The summed E-state index contributed by atoms with van der Waals surface area (Å²) in [6.45, 7) is 5.13. The molecule has 0 amide bonds. The van der Waals surface area contributed by atoms with Crippen LogP contribution in [0.15, 0.2) is 35.7 Å². The average Bonchev–Trinajstić information content (AvgIpc) is 3.44. The largest absolute Gasteiger partial charge is 0.497 e. The molecule has 2 aromatic heterocycles. The fourth-order valence-electron chi connectivity index (χ4n) is 4.18. The molecule has 6 nitrogen and oxygen atoms in total. The first kappa shape index (κ1) is 19.8. The Balaban J connectivity index is 1.66. The number of methoxy groups -OCH3 is 2. The minimum Gasteiger partial charge on any atom is -0.497 e. The molecule has 160 valence electrons. The van der Waals surface area contributed by atoms with Crippen LogP contribution in [0.1, 0.15) is 25.1 Å². The van der Waals surface area contributed by atoms with Gasteiger partial charge in [0.2, 0.25) is 0 Å². The number of imidazole rings is 1. The molecule has 0 N–H and O–H groups in total. The normalized spacial score (nSPS) is 12.0. The van der Waals surface area contributed by atoms with Crippen LogP contribution in [0.4, 0.5) is 0 Å². The van der Waals surface area contributed by atoms with Crippen molar-refractivity contribution in [1.82, 2.24) is 9.38 Å². The first-order chi connectivity index (χ1) is 15.2. The lowest BCUT2D eigenvalue weighted by Gasteiger charge is -2.12. The van der Waals surface area contributed by atoms with E-state index < -0.39 is 0 Å². The second-order valence-electron chi connectivity index (χ2n) is 7.21. The molecule has 0 bridgehead atoms. The maximum absolute atomic E-state index is 5.94. The van der Waals surface area contributed by atoms with Gasteiger partial charge in [-0.15, -0.1) is 11.3 Å². The smallest absolute Gasteiger partial charge is 0.194 e. The number of fused-ring (bicyclic) bond motifs is 5. The summed E-state index contributed by atoms with van der Waals surface area (Å²) in [6, 6.07) is 10.1. The van der Waals surface area contributed by atoms with Gasteiger partial charge in [-0.05, 0) is 43.7 Å². The summed E-state index contributed by atoms with van der Waals surface area (Å²) >= 11 is 1.64. The predicted octanol–water partition coefficient (Wildman–Crippen LogP) is 5.45. The van der Waals surface area contributed by atoms with Gasteiger partial charge in [0, 0.05) is 29.0 Å². The Morgan fingerprint density at radius 3 is 2.48 bits per heavy atom. The van der Waals surface area contributed by atoms with Gasteiger partial charge in [-0.3, -0.25) is 4.40 Å². The van der Waals surface area contributed by atoms with Crippen LogP contribution in [0.25, 0.3) is 27.5 Å². The third-order valence-electron chi connectivity index (χ3n) is 5.53. The van der Waals surface area contributed by atoms with Crippen LogP contribution < -0.4 is 18.9 Å². The van der Waals surface area contributed by atoms with E-state index in [0.29, 0.717) is 13.2 Å². The lowest BCUT2D eigenvalue weighted by Crippen LogP contribution is -1.98. The predicted molar refractivity (Wildman–Crippen MR) is 122 cm³/mol. The molecule has 4 aromatic rings. The van der Waals surface area contributed by atoms with Gasteiger partial charge in [0.05, 0.1) is 44.5 Å². The third kappa shape index (κ3) is 3.11. The van der Waals surface area contributed by atoms with E-state index in [9.17, 15) is 0 Å². The molecule has 1 aliphatic carbocycles. The van der Waals surface area contributed by atoms with Crippen LogP contribution >= 0.6 is 11.3 Å². The SMILES string of the molecule is CCOc1cc2c(cc1OC)Cc1c-2nc2scc(-c3ccc(OC)cc3OCC)n12. The Morgan fingerprint density at radius 1 is 0.935 bits per heavy atom. The molecule has 1 aliphatic rings. The van der Waals surface area contributed by atoms with Crippen LogP contribution in [-0.4, -0.2) is 36.8 Å². The highest BCUT2D eigenvalue weighted by atomic mass is 32.1. The molecule has 0 aliphatic heterocycles. The monoisotopic (exact) mass is 436 g/mol. The highest BCUT2D eigenvalue weighted by Gasteiger charge is 2.29. The number of ether oxygens (including phenoxy) is 4. The van der Waals surface area contributed by atoms with E-state index in [4.69, 9.17) is 23.9 Å². The molecule has 0 saturated carbocycles. The maximum atomic E-state index is 5.94. The Hall–Kier alpha value is -3.19. The van der Waals surface area contributed by atoms with Gasteiger partial charge in [-0.2, -0.15) is 0 Å². The van der Waals surface area contributed by atoms with Crippen LogP contribution in [-0.2, 0) is 6.42 Å². The summed E-state index contributed by atoms with van der Waals surface area (Å²) in [6.07, 6.45) is 0.790. The van der Waals surface area contributed by atoms with Gasteiger partial charge >= 0.3 is 0 Å². The summed E-state index contributed by atoms with van der Waals surface area (Å²) in [5.41, 5.74) is 6.60. The van der Waals surface area contributed by atoms with Crippen molar-refractivity contribution < 1.29 is 18.9 Å². The van der Waals surface area contributed by atoms with Gasteiger partial charge in [0.1, 0.15) is 11.5 Å². The number of benzene rings is 2. The molecule has 0 radical (unpaired) electrons. The van der Waals surface area contributed by atoms with Crippen molar-refractivity contribution in [3.8, 4) is 45.5 Å². The van der Waals surface area contributed by atoms with Crippen LogP contribution in [0.3, 0.4) is 0 Å². The number of hydrogen-bond donors (Lipinski definition) is 0. The van der Waals surface area contributed by atoms with Crippen LogP contribution in [0.2, 0.25) is 0 Å². The van der Waals surface area contributed by atoms with E-state index in [1.807, 2.05) is 26.0 Å². The molecule has 7 heteroatoms. The molecular formula is C24H24N2O4S. The van der Waals surface area contributed by atoms with Crippen molar-refractivity contribution in [3.63, 3.8) is 0 Å². The van der Waals surface area contributed by atoms with Crippen molar-refractivity contribution >= 4 is 16.3 Å². The Kier molecular flexibility index (Phi) is 4.98. The zero-order valence-electron chi connectivity index (χ0n) is 18.0. The number of aromatic nitrogens is 2. The first-order valence-electron chi connectivity index (χ1n) is 10.3. The standard InChI is InChI=1S/C24H24N2O4S/c1-5-29-20-11-15(27-3)7-8-16(20)19-13-31-24-25-23-17-12-22(30-6-2)21(28-4)10-14(17)9-18(23)26(19)24/h7-8,10-13H,5-6,9H2,1-4H3. The average molecular weight is 437 g/mol. The van der Waals surface area contributed by atoms with Crippen LogP contribution in [0.5, 0.6) is 23.0 Å². The van der Waals surface area contributed by atoms with Gasteiger partial charge in [-0.25, -0.2) is 4.98 Å². The van der Waals surface area contributed by atoms with E-state index in [-0.39, 0.29) is 0 Å². The summed E-state index contributed by atoms with van der Waals surface area (Å²) < 4.78 is 24.9. The van der Waals surface area contributed by atoms with Gasteiger partial charge in [0.15, 0.2) is 16.5 Å². The minimum absolute atomic E-state index is 0.584. The van der Waals surface area contributed by atoms with Crippen molar-refractivity contribution in [3.05, 3.63) is 47.0 Å². The number of rotatable bonds is 7. The van der Waals surface area contributed by atoms with E-state index >= 15 is 0 Å². The second-order valence-corrected chi connectivity index (χ2v) is 8.05. The highest BCUT2D eigenvalue weighted by molar-refractivity contribution is 7.15. The highest BCUT2D eigenvalue weighted by Crippen LogP contribution is 2.45. The number of thiazole rings is 1. The first-order valence-corrected chi connectivity index (χ1v) is 11.2. The molecule has 31 heavy (non-hydrogen) atoms. The summed E-state index contributed by atoms with van der Waals surface area (Å²) in [4.78, 5) is 5.94. The lowest BCUT2D eigenvalue weighted by molar-refractivity contribution is 0.311. The number of hydrogen-bond acceptors (Lipinski definition) is 6. The van der Waals surface area contributed by atoms with Gasteiger partial charge in [0.25, 0.3) is 0 Å². The van der Waals surface area contributed by atoms with Gasteiger partial charge < -0.3 is 18.9 Å². The number of nitrogens with zero attached hydrogens (tertiary/aromatic N) is 2. The maximum Gasteiger partial charge on any atom is 0.194 e. The molecule has 0 saturated heterocycles.